The van der Waals surface area contributed by atoms with Crippen LogP contribution in [0.25, 0.3) is 4.96 Å². The summed E-state index contributed by atoms with van der Waals surface area (Å²) in [5, 5.41) is 9.44. The molecule has 3 aromatic heterocycles. The van der Waals surface area contributed by atoms with Crippen LogP contribution in [0.5, 0.6) is 0 Å². The zero-order valence-electron chi connectivity index (χ0n) is 13.8. The fraction of sp³-hybridized carbons (Fsp3) is 0.500. The monoisotopic (exact) mass is 344 g/mol. The summed E-state index contributed by atoms with van der Waals surface area (Å²) in [6.07, 6.45) is 6.29. The standard InChI is InChI=1S/C16H20N6OS/c1-11-7-17-21(8-11)10-14-4-3-5-20(14)9-13-6-15(23)22-16(18-13)24-12(2)19-22/h6-8,14H,3-5,9-10H2,1-2H3/t14-/m0/s1. The topological polar surface area (TPSA) is 68.3 Å². The van der Waals surface area contributed by atoms with Crippen molar-refractivity contribution < 1.29 is 0 Å². The highest BCUT2D eigenvalue weighted by atomic mass is 32.1. The van der Waals surface area contributed by atoms with Gasteiger partial charge >= 0.3 is 0 Å². The summed E-state index contributed by atoms with van der Waals surface area (Å²) in [5.74, 6) is 0. The smallest absolute Gasteiger partial charge is 0.275 e. The molecule has 126 valence electrons. The predicted molar refractivity (Wildman–Crippen MR) is 92.3 cm³/mol. The molecule has 0 amide bonds. The van der Waals surface area contributed by atoms with E-state index < -0.39 is 0 Å². The van der Waals surface area contributed by atoms with Gasteiger partial charge in [0, 0.05) is 24.8 Å². The lowest BCUT2D eigenvalue weighted by Gasteiger charge is -2.23. The van der Waals surface area contributed by atoms with E-state index >= 15 is 0 Å². The fourth-order valence-corrected chi connectivity index (χ4v) is 4.10. The molecule has 8 heteroatoms. The minimum atomic E-state index is -0.0993. The molecule has 0 radical (unpaired) electrons. The van der Waals surface area contributed by atoms with Crippen LogP contribution in [0.2, 0.25) is 0 Å². The number of hydrogen-bond donors (Lipinski definition) is 0. The molecular formula is C16H20N6OS. The summed E-state index contributed by atoms with van der Waals surface area (Å²) in [6.45, 7) is 6.57. The second-order valence-electron chi connectivity index (χ2n) is 6.41. The van der Waals surface area contributed by atoms with Crippen LogP contribution < -0.4 is 5.56 Å². The summed E-state index contributed by atoms with van der Waals surface area (Å²) in [4.78, 5) is 19.9. The lowest BCUT2D eigenvalue weighted by Crippen LogP contribution is -2.33. The Labute approximate surface area is 143 Å². The molecule has 1 aliphatic rings. The van der Waals surface area contributed by atoms with E-state index in [2.05, 4.69) is 33.2 Å². The molecule has 0 aromatic carbocycles. The van der Waals surface area contributed by atoms with Gasteiger partial charge in [0.2, 0.25) is 4.96 Å². The molecule has 4 heterocycles. The Hall–Kier alpha value is -2.06. The highest BCUT2D eigenvalue weighted by Crippen LogP contribution is 2.21. The van der Waals surface area contributed by atoms with E-state index in [1.807, 2.05) is 17.8 Å². The maximum atomic E-state index is 12.2. The van der Waals surface area contributed by atoms with Crippen molar-refractivity contribution in [3.05, 3.63) is 45.1 Å². The normalized spacial score (nSPS) is 18.7. The van der Waals surface area contributed by atoms with Crippen molar-refractivity contribution in [2.45, 2.75) is 45.8 Å². The van der Waals surface area contributed by atoms with Gasteiger partial charge in [-0.3, -0.25) is 14.4 Å². The van der Waals surface area contributed by atoms with Gasteiger partial charge in [-0.15, -0.1) is 0 Å². The molecule has 4 rings (SSSR count). The van der Waals surface area contributed by atoms with Gasteiger partial charge in [-0.1, -0.05) is 11.3 Å². The van der Waals surface area contributed by atoms with E-state index in [1.165, 1.54) is 27.8 Å². The third-order valence-corrected chi connectivity index (χ3v) is 5.25. The lowest BCUT2D eigenvalue weighted by molar-refractivity contribution is 0.217. The van der Waals surface area contributed by atoms with Crippen LogP contribution in [0, 0.1) is 13.8 Å². The molecular weight excluding hydrogens is 324 g/mol. The Morgan fingerprint density at radius 1 is 1.38 bits per heavy atom. The Bertz CT molecular complexity index is 926. The number of aryl methyl sites for hydroxylation is 2. The lowest BCUT2D eigenvalue weighted by atomic mass is 10.2. The van der Waals surface area contributed by atoms with E-state index in [-0.39, 0.29) is 5.56 Å². The maximum Gasteiger partial charge on any atom is 0.275 e. The molecule has 0 aliphatic carbocycles. The molecule has 0 bridgehead atoms. The Balaban J connectivity index is 1.54. The summed E-state index contributed by atoms with van der Waals surface area (Å²) in [6, 6.07) is 2.05. The summed E-state index contributed by atoms with van der Waals surface area (Å²) in [5.41, 5.74) is 1.91. The van der Waals surface area contributed by atoms with Gasteiger partial charge in [-0.05, 0) is 38.8 Å². The molecule has 7 nitrogen and oxygen atoms in total. The largest absolute Gasteiger partial charge is 0.293 e. The Morgan fingerprint density at radius 3 is 3.04 bits per heavy atom. The van der Waals surface area contributed by atoms with Gasteiger partial charge in [0.05, 0.1) is 18.4 Å². The second-order valence-corrected chi connectivity index (χ2v) is 7.57. The first kappa shape index (κ1) is 15.5. The van der Waals surface area contributed by atoms with Crippen LogP contribution in [0.1, 0.15) is 29.1 Å². The number of fused-ring (bicyclic) bond motifs is 1. The average Bonchev–Trinajstić information content (AvgIpc) is 3.21. The van der Waals surface area contributed by atoms with Gasteiger partial charge in [-0.25, -0.2) is 4.98 Å². The van der Waals surface area contributed by atoms with E-state index in [9.17, 15) is 4.79 Å². The van der Waals surface area contributed by atoms with Crippen molar-refractivity contribution in [3.8, 4) is 0 Å². The molecule has 0 unspecified atom stereocenters. The minimum absolute atomic E-state index is 0.0993. The zero-order chi connectivity index (χ0) is 16.7. The first-order valence-corrected chi connectivity index (χ1v) is 8.99. The molecule has 1 atom stereocenters. The second kappa shape index (κ2) is 6.10. The summed E-state index contributed by atoms with van der Waals surface area (Å²) < 4.78 is 3.40. The molecule has 0 N–H and O–H groups in total. The Morgan fingerprint density at radius 2 is 2.25 bits per heavy atom. The number of hydrogen-bond acceptors (Lipinski definition) is 6. The van der Waals surface area contributed by atoms with Crippen molar-refractivity contribution in [1.29, 1.82) is 0 Å². The summed E-state index contributed by atoms with van der Waals surface area (Å²) >= 11 is 1.45. The quantitative estimate of drug-likeness (QED) is 0.719. The third-order valence-electron chi connectivity index (χ3n) is 4.42. The number of aromatic nitrogens is 5. The first-order valence-electron chi connectivity index (χ1n) is 8.18. The molecule has 0 spiro atoms. The van der Waals surface area contributed by atoms with Crippen LogP contribution >= 0.6 is 11.3 Å². The minimum Gasteiger partial charge on any atom is -0.293 e. The molecule has 3 aromatic rings. The SMILES string of the molecule is Cc1cnn(C[C@@H]2CCCN2Cc2cc(=O)n3nc(C)sc3n2)c1. The van der Waals surface area contributed by atoms with Gasteiger partial charge in [0.1, 0.15) is 5.01 Å². The molecule has 1 fully saturated rings. The van der Waals surface area contributed by atoms with Crippen LogP contribution in [-0.2, 0) is 13.1 Å². The van der Waals surface area contributed by atoms with E-state index in [4.69, 9.17) is 0 Å². The third kappa shape index (κ3) is 2.99. The van der Waals surface area contributed by atoms with Crippen LogP contribution in [0.3, 0.4) is 0 Å². The van der Waals surface area contributed by atoms with Crippen molar-refractivity contribution in [2.24, 2.45) is 0 Å². The van der Waals surface area contributed by atoms with E-state index in [0.29, 0.717) is 17.5 Å². The number of rotatable bonds is 4. The average molecular weight is 344 g/mol. The van der Waals surface area contributed by atoms with Crippen LogP contribution in [0.4, 0.5) is 0 Å². The number of nitrogens with zero attached hydrogens (tertiary/aromatic N) is 6. The van der Waals surface area contributed by atoms with Gasteiger partial charge in [0.25, 0.3) is 5.56 Å². The Kier molecular flexibility index (Phi) is 3.93. The van der Waals surface area contributed by atoms with Crippen LogP contribution in [-0.4, -0.2) is 41.9 Å². The highest BCUT2D eigenvalue weighted by molar-refractivity contribution is 7.16. The zero-order valence-corrected chi connectivity index (χ0v) is 14.7. The van der Waals surface area contributed by atoms with Crippen molar-refractivity contribution in [3.63, 3.8) is 0 Å². The summed E-state index contributed by atoms with van der Waals surface area (Å²) in [7, 11) is 0. The maximum absolute atomic E-state index is 12.2. The highest BCUT2D eigenvalue weighted by Gasteiger charge is 2.25. The molecule has 1 saturated heterocycles. The van der Waals surface area contributed by atoms with Crippen molar-refractivity contribution in [1.82, 2.24) is 29.3 Å². The van der Waals surface area contributed by atoms with Gasteiger partial charge < -0.3 is 0 Å². The van der Waals surface area contributed by atoms with E-state index in [0.717, 1.165) is 30.2 Å². The van der Waals surface area contributed by atoms with Gasteiger partial charge in [-0.2, -0.15) is 14.7 Å². The van der Waals surface area contributed by atoms with E-state index in [1.54, 1.807) is 6.07 Å². The predicted octanol–water partition coefficient (Wildman–Crippen LogP) is 1.63. The number of likely N-dealkylation sites (tertiary alicyclic amines) is 1. The van der Waals surface area contributed by atoms with Crippen molar-refractivity contribution >= 4 is 16.3 Å². The first-order chi connectivity index (χ1) is 11.6. The molecule has 0 saturated carbocycles. The molecule has 24 heavy (non-hydrogen) atoms. The van der Waals surface area contributed by atoms with Crippen molar-refractivity contribution in [2.75, 3.05) is 6.54 Å². The van der Waals surface area contributed by atoms with Crippen LogP contribution in [0.15, 0.2) is 23.3 Å². The molecule has 1 aliphatic heterocycles. The fourth-order valence-electron chi connectivity index (χ4n) is 3.33. The van der Waals surface area contributed by atoms with Gasteiger partial charge in [0.15, 0.2) is 0 Å².